The van der Waals surface area contributed by atoms with Crippen LogP contribution in [0.25, 0.3) is 17.2 Å². The van der Waals surface area contributed by atoms with Crippen LogP contribution in [0.5, 0.6) is 0 Å². The number of benzene rings is 1. The van der Waals surface area contributed by atoms with E-state index in [0.717, 1.165) is 5.52 Å². The van der Waals surface area contributed by atoms with E-state index in [9.17, 15) is 4.79 Å². The zero-order valence-electron chi connectivity index (χ0n) is 10.4. The lowest BCUT2D eigenvalue weighted by Gasteiger charge is -2.00. The Bertz CT molecular complexity index is 645. The summed E-state index contributed by atoms with van der Waals surface area (Å²) in [5, 5.41) is 0. The second-order valence-electron chi connectivity index (χ2n) is 4.65. The number of fused-ring (bicyclic) bond motifs is 1. The molecule has 20 heavy (non-hydrogen) atoms. The summed E-state index contributed by atoms with van der Waals surface area (Å²) >= 11 is 11.7. The second-order valence-corrected chi connectivity index (χ2v) is 6.19. The van der Waals surface area contributed by atoms with Crippen molar-refractivity contribution in [2.45, 2.75) is 10.8 Å². The monoisotopic (exact) mass is 311 g/mol. The van der Waals surface area contributed by atoms with Crippen molar-refractivity contribution < 1.29 is 13.9 Å². The number of ether oxygens (including phenoxy) is 1. The highest BCUT2D eigenvalue weighted by atomic mass is 35.5. The van der Waals surface area contributed by atoms with Crippen molar-refractivity contribution in [1.29, 1.82) is 0 Å². The third-order valence-corrected chi connectivity index (χ3v) is 3.98. The Balaban J connectivity index is 1.57. The Hall–Kier alpha value is -1.52. The van der Waals surface area contributed by atoms with Crippen molar-refractivity contribution in [3.8, 4) is 0 Å². The van der Waals surface area contributed by atoms with Crippen molar-refractivity contribution in [2.24, 2.45) is 5.92 Å². The molecule has 4 nitrogen and oxygen atoms in total. The maximum atomic E-state index is 11.5. The van der Waals surface area contributed by atoms with Gasteiger partial charge in [0.2, 0.25) is 5.89 Å². The van der Waals surface area contributed by atoms with E-state index in [1.165, 1.54) is 12.2 Å². The van der Waals surface area contributed by atoms with Gasteiger partial charge in [-0.05, 0) is 18.6 Å². The first-order valence-electron chi connectivity index (χ1n) is 6.13. The van der Waals surface area contributed by atoms with Crippen LogP contribution in [0.1, 0.15) is 12.3 Å². The Kier molecular flexibility index (Phi) is 3.44. The van der Waals surface area contributed by atoms with E-state index in [0.29, 0.717) is 17.9 Å². The number of nitrogens with zero attached hydrogens (tertiary/aromatic N) is 1. The third kappa shape index (κ3) is 2.97. The van der Waals surface area contributed by atoms with Crippen LogP contribution in [-0.4, -0.2) is 21.9 Å². The number of alkyl halides is 2. The van der Waals surface area contributed by atoms with Crippen molar-refractivity contribution >= 4 is 46.3 Å². The van der Waals surface area contributed by atoms with Crippen LogP contribution in [0.4, 0.5) is 0 Å². The molecule has 0 saturated heterocycles. The van der Waals surface area contributed by atoms with Gasteiger partial charge >= 0.3 is 5.97 Å². The minimum Gasteiger partial charge on any atom is -0.462 e. The molecule has 1 aromatic carbocycles. The summed E-state index contributed by atoms with van der Waals surface area (Å²) < 4.78 is 9.74. The maximum absolute atomic E-state index is 11.5. The number of halogens is 2. The number of esters is 1. The van der Waals surface area contributed by atoms with Crippen LogP contribution in [0.3, 0.4) is 0 Å². The molecule has 1 fully saturated rings. The third-order valence-electron chi connectivity index (χ3n) is 3.05. The van der Waals surface area contributed by atoms with Crippen LogP contribution >= 0.6 is 23.2 Å². The molecular weight excluding hydrogens is 301 g/mol. The number of carbonyl (C=O) groups is 1. The normalized spacial score (nSPS) is 20.4. The van der Waals surface area contributed by atoms with Crippen molar-refractivity contribution in [3.63, 3.8) is 0 Å². The highest BCUT2D eigenvalue weighted by Crippen LogP contribution is 2.53. The molecule has 2 aromatic rings. The van der Waals surface area contributed by atoms with Crippen LogP contribution in [0.2, 0.25) is 0 Å². The maximum Gasteiger partial charge on any atom is 0.330 e. The van der Waals surface area contributed by atoms with E-state index >= 15 is 0 Å². The molecular formula is C14H11Cl2NO3. The van der Waals surface area contributed by atoms with Gasteiger partial charge in [0.25, 0.3) is 0 Å². The predicted molar refractivity (Wildman–Crippen MR) is 76.5 cm³/mol. The zero-order chi connectivity index (χ0) is 14.2. The molecule has 0 spiro atoms. The molecule has 6 heteroatoms. The molecule has 1 heterocycles. The lowest BCUT2D eigenvalue weighted by Crippen LogP contribution is -2.06. The van der Waals surface area contributed by atoms with E-state index in [4.69, 9.17) is 32.4 Å². The number of hydrogen-bond donors (Lipinski definition) is 0. The van der Waals surface area contributed by atoms with E-state index in [-0.39, 0.29) is 12.5 Å². The van der Waals surface area contributed by atoms with Crippen LogP contribution in [0, 0.1) is 5.92 Å². The van der Waals surface area contributed by atoms with Gasteiger partial charge in [-0.15, -0.1) is 23.2 Å². The van der Waals surface area contributed by atoms with Gasteiger partial charge in [-0.1, -0.05) is 12.1 Å². The molecule has 0 unspecified atom stereocenters. The van der Waals surface area contributed by atoms with Gasteiger partial charge < -0.3 is 9.15 Å². The number of oxazole rings is 1. The number of para-hydroxylation sites is 2. The molecule has 1 saturated carbocycles. The van der Waals surface area contributed by atoms with Gasteiger partial charge in [-0.2, -0.15) is 0 Å². The average Bonchev–Trinajstić information content (AvgIpc) is 2.86. The first-order chi connectivity index (χ1) is 9.54. The molecule has 0 aliphatic heterocycles. The van der Waals surface area contributed by atoms with Crippen molar-refractivity contribution in [1.82, 2.24) is 4.98 Å². The summed E-state index contributed by atoms with van der Waals surface area (Å²) in [6, 6.07) is 7.37. The highest BCUT2D eigenvalue weighted by molar-refractivity contribution is 6.50. The van der Waals surface area contributed by atoms with Crippen molar-refractivity contribution in [2.75, 3.05) is 6.61 Å². The fraction of sp³-hybridized carbons (Fsp3) is 0.286. The lowest BCUT2D eigenvalue weighted by atomic mass is 10.3. The number of rotatable bonds is 4. The SMILES string of the molecule is O=C(/C=C\c1nc2ccccc2o1)OC[C@@H]1CC1(Cl)Cl. The first kappa shape index (κ1) is 13.5. The van der Waals surface area contributed by atoms with Crippen LogP contribution in [-0.2, 0) is 9.53 Å². The summed E-state index contributed by atoms with van der Waals surface area (Å²) in [6.45, 7) is 0.226. The Morgan fingerprint density at radius 1 is 1.50 bits per heavy atom. The molecule has 1 aliphatic carbocycles. The predicted octanol–water partition coefficient (Wildman–Crippen LogP) is 3.58. The average molecular weight is 312 g/mol. The van der Waals surface area contributed by atoms with E-state index in [1.807, 2.05) is 24.3 Å². The van der Waals surface area contributed by atoms with E-state index in [1.54, 1.807) is 0 Å². The zero-order valence-corrected chi connectivity index (χ0v) is 11.9. The molecule has 0 amide bonds. The Labute approximate surface area is 125 Å². The standard InChI is InChI=1S/C14H11Cl2NO3/c15-14(16)7-9(14)8-19-13(18)6-5-12-17-10-3-1-2-4-11(10)20-12/h1-6,9H,7-8H2/b6-5-/t9-/m0/s1. The topological polar surface area (TPSA) is 52.3 Å². The highest BCUT2D eigenvalue weighted by Gasteiger charge is 2.52. The quantitative estimate of drug-likeness (QED) is 0.492. The molecule has 1 atom stereocenters. The summed E-state index contributed by atoms with van der Waals surface area (Å²) in [4.78, 5) is 15.7. The molecule has 0 bridgehead atoms. The van der Waals surface area contributed by atoms with E-state index in [2.05, 4.69) is 4.98 Å². The number of hydrogen-bond acceptors (Lipinski definition) is 4. The van der Waals surface area contributed by atoms with Crippen LogP contribution < -0.4 is 0 Å². The fourth-order valence-corrected chi connectivity index (χ4v) is 2.28. The first-order valence-corrected chi connectivity index (χ1v) is 6.88. The lowest BCUT2D eigenvalue weighted by molar-refractivity contribution is -0.138. The minimum atomic E-state index is -0.732. The molecule has 0 N–H and O–H groups in total. The molecule has 1 aromatic heterocycles. The summed E-state index contributed by atoms with van der Waals surface area (Å²) in [7, 11) is 0. The number of aromatic nitrogens is 1. The summed E-state index contributed by atoms with van der Waals surface area (Å²) in [5.74, 6) is -0.0885. The van der Waals surface area contributed by atoms with Crippen LogP contribution in [0.15, 0.2) is 34.8 Å². The smallest absolute Gasteiger partial charge is 0.330 e. The van der Waals surface area contributed by atoms with Gasteiger partial charge in [0.1, 0.15) is 9.85 Å². The Morgan fingerprint density at radius 3 is 2.95 bits per heavy atom. The summed E-state index contributed by atoms with van der Waals surface area (Å²) in [5.41, 5.74) is 1.42. The summed E-state index contributed by atoms with van der Waals surface area (Å²) in [6.07, 6.45) is 3.40. The fourth-order valence-electron chi connectivity index (χ4n) is 1.78. The van der Waals surface area contributed by atoms with Crippen molar-refractivity contribution in [3.05, 3.63) is 36.2 Å². The minimum absolute atomic E-state index is 0.0208. The Morgan fingerprint density at radius 2 is 2.25 bits per heavy atom. The van der Waals surface area contributed by atoms with Gasteiger partial charge in [0, 0.05) is 18.1 Å². The van der Waals surface area contributed by atoms with Gasteiger partial charge in [-0.25, -0.2) is 9.78 Å². The van der Waals surface area contributed by atoms with E-state index < -0.39 is 10.3 Å². The van der Waals surface area contributed by atoms with Gasteiger partial charge in [-0.3, -0.25) is 0 Å². The number of carbonyl (C=O) groups excluding carboxylic acids is 1. The molecule has 3 rings (SSSR count). The largest absolute Gasteiger partial charge is 0.462 e. The van der Waals surface area contributed by atoms with Gasteiger partial charge in [0.05, 0.1) is 6.61 Å². The second kappa shape index (κ2) is 5.11. The molecule has 104 valence electrons. The van der Waals surface area contributed by atoms with Gasteiger partial charge in [0.15, 0.2) is 5.58 Å². The molecule has 1 aliphatic rings. The molecule has 0 radical (unpaired) electrons.